The van der Waals surface area contributed by atoms with Gasteiger partial charge in [-0.05, 0) is 38.6 Å². The number of ether oxygens (including phenoxy) is 2. The minimum atomic E-state index is 0. The van der Waals surface area contributed by atoms with Crippen LogP contribution in [-0.4, -0.2) is 64.9 Å². The first-order valence-corrected chi connectivity index (χ1v) is 11.3. The van der Waals surface area contributed by atoms with Gasteiger partial charge in [-0.2, -0.15) is 0 Å². The van der Waals surface area contributed by atoms with Gasteiger partial charge in [-0.25, -0.2) is 4.99 Å². The molecular formula is C25H38IN5O2. The SMILES string of the molecule is CCNC(=NCc1ccccc1CN(C)C)NC1CCN(c2cc(OC)cc(OC)c2)C1.I. The van der Waals surface area contributed by atoms with Crippen molar-refractivity contribution in [2.75, 3.05) is 52.8 Å². The smallest absolute Gasteiger partial charge is 0.191 e. The lowest BCUT2D eigenvalue weighted by Gasteiger charge is -2.21. The number of hydrogen-bond donors (Lipinski definition) is 2. The molecule has 0 radical (unpaired) electrons. The Bertz CT molecular complexity index is 884. The standard InChI is InChI=1S/C25H37N5O2.HI/c1-6-26-25(27-16-19-9-7-8-10-20(19)17-29(2)3)28-21-11-12-30(18-21)22-13-23(31-4)15-24(14-22)32-5;/h7-10,13-15,21H,6,11-12,16-18H2,1-5H3,(H2,26,27,28);1H. The van der Waals surface area contributed by atoms with Crippen LogP contribution < -0.4 is 25.0 Å². The number of benzene rings is 2. The maximum absolute atomic E-state index is 5.43. The molecule has 1 heterocycles. The van der Waals surface area contributed by atoms with Crippen LogP contribution in [0.3, 0.4) is 0 Å². The zero-order chi connectivity index (χ0) is 22.9. The van der Waals surface area contributed by atoms with Crippen LogP contribution in [0.1, 0.15) is 24.5 Å². The van der Waals surface area contributed by atoms with Crippen molar-refractivity contribution in [2.24, 2.45) is 4.99 Å². The molecule has 182 valence electrons. The summed E-state index contributed by atoms with van der Waals surface area (Å²) in [7, 11) is 7.55. The number of rotatable bonds is 9. The number of guanidine groups is 1. The summed E-state index contributed by atoms with van der Waals surface area (Å²) in [4.78, 5) is 9.43. The Labute approximate surface area is 215 Å². The van der Waals surface area contributed by atoms with Crippen LogP contribution in [0.2, 0.25) is 0 Å². The second-order valence-corrected chi connectivity index (χ2v) is 8.35. The van der Waals surface area contributed by atoms with E-state index in [1.165, 1.54) is 11.1 Å². The average molecular weight is 568 g/mol. The lowest BCUT2D eigenvalue weighted by molar-refractivity contribution is 0.394. The van der Waals surface area contributed by atoms with E-state index in [1.807, 2.05) is 6.07 Å². The molecule has 3 rings (SSSR count). The molecule has 1 atom stereocenters. The number of methoxy groups -OCH3 is 2. The van der Waals surface area contributed by atoms with E-state index in [9.17, 15) is 0 Å². The summed E-state index contributed by atoms with van der Waals surface area (Å²) >= 11 is 0. The molecule has 0 saturated carbocycles. The maximum Gasteiger partial charge on any atom is 0.191 e. The van der Waals surface area contributed by atoms with E-state index in [4.69, 9.17) is 14.5 Å². The minimum absolute atomic E-state index is 0. The van der Waals surface area contributed by atoms with E-state index in [-0.39, 0.29) is 24.0 Å². The van der Waals surface area contributed by atoms with Gasteiger partial charge in [-0.15, -0.1) is 24.0 Å². The van der Waals surface area contributed by atoms with Crippen LogP contribution in [0.15, 0.2) is 47.5 Å². The van der Waals surface area contributed by atoms with Gasteiger partial charge >= 0.3 is 0 Å². The number of aliphatic imine (C=N–C) groups is 1. The third-order valence-corrected chi connectivity index (χ3v) is 5.59. The summed E-state index contributed by atoms with van der Waals surface area (Å²) in [6, 6.07) is 14.9. The molecule has 1 aliphatic heterocycles. The molecule has 0 spiro atoms. The van der Waals surface area contributed by atoms with Crippen LogP contribution >= 0.6 is 24.0 Å². The fraction of sp³-hybridized carbons (Fsp3) is 0.480. The predicted molar refractivity (Wildman–Crippen MR) is 147 cm³/mol. The average Bonchev–Trinajstić information content (AvgIpc) is 3.26. The predicted octanol–water partition coefficient (Wildman–Crippen LogP) is 3.72. The largest absolute Gasteiger partial charge is 0.497 e. The second kappa shape index (κ2) is 13.5. The Morgan fingerprint density at radius 2 is 1.76 bits per heavy atom. The first-order chi connectivity index (χ1) is 15.5. The van der Waals surface area contributed by atoms with Gasteiger partial charge in [0.05, 0.1) is 20.8 Å². The lowest BCUT2D eigenvalue weighted by atomic mass is 10.1. The number of hydrogen-bond acceptors (Lipinski definition) is 5. The molecule has 0 aliphatic carbocycles. The van der Waals surface area contributed by atoms with E-state index in [0.29, 0.717) is 12.6 Å². The zero-order valence-electron chi connectivity index (χ0n) is 20.4. The lowest BCUT2D eigenvalue weighted by Crippen LogP contribution is -2.44. The van der Waals surface area contributed by atoms with Gasteiger partial charge < -0.3 is 29.9 Å². The zero-order valence-corrected chi connectivity index (χ0v) is 22.8. The Morgan fingerprint density at radius 3 is 2.36 bits per heavy atom. The molecule has 0 bridgehead atoms. The summed E-state index contributed by atoms with van der Waals surface area (Å²) in [5.41, 5.74) is 3.69. The van der Waals surface area contributed by atoms with Crippen LogP contribution in [-0.2, 0) is 13.1 Å². The van der Waals surface area contributed by atoms with Gasteiger partial charge in [0.1, 0.15) is 11.5 Å². The highest BCUT2D eigenvalue weighted by Gasteiger charge is 2.24. The minimum Gasteiger partial charge on any atom is -0.497 e. The molecule has 1 saturated heterocycles. The van der Waals surface area contributed by atoms with Crippen LogP contribution in [0.4, 0.5) is 5.69 Å². The van der Waals surface area contributed by atoms with Crippen molar-refractivity contribution in [3.8, 4) is 11.5 Å². The topological polar surface area (TPSA) is 61.4 Å². The van der Waals surface area contributed by atoms with Gasteiger partial charge in [-0.3, -0.25) is 0 Å². The second-order valence-electron chi connectivity index (χ2n) is 8.35. The monoisotopic (exact) mass is 567 g/mol. The van der Waals surface area contributed by atoms with Crippen molar-refractivity contribution in [2.45, 2.75) is 32.5 Å². The highest BCUT2D eigenvalue weighted by molar-refractivity contribution is 14.0. The van der Waals surface area contributed by atoms with E-state index >= 15 is 0 Å². The van der Waals surface area contributed by atoms with Gasteiger partial charge in [0.2, 0.25) is 0 Å². The summed E-state index contributed by atoms with van der Waals surface area (Å²) in [6.07, 6.45) is 1.04. The van der Waals surface area contributed by atoms with Crippen LogP contribution in [0.5, 0.6) is 11.5 Å². The number of nitrogens with zero attached hydrogens (tertiary/aromatic N) is 3. The van der Waals surface area contributed by atoms with Crippen molar-refractivity contribution in [1.29, 1.82) is 0 Å². The Kier molecular flexibility index (Phi) is 11.1. The molecule has 2 aromatic carbocycles. The van der Waals surface area contributed by atoms with Crippen molar-refractivity contribution < 1.29 is 9.47 Å². The summed E-state index contributed by atoms with van der Waals surface area (Å²) in [5.74, 6) is 2.48. The van der Waals surface area contributed by atoms with E-state index < -0.39 is 0 Å². The molecular weight excluding hydrogens is 529 g/mol. The Hall–Kier alpha value is -2.20. The molecule has 8 heteroatoms. The molecule has 0 amide bonds. The molecule has 1 fully saturated rings. The molecule has 33 heavy (non-hydrogen) atoms. The van der Waals surface area contributed by atoms with Crippen molar-refractivity contribution >= 4 is 35.6 Å². The number of nitrogens with one attached hydrogen (secondary N) is 2. The summed E-state index contributed by atoms with van der Waals surface area (Å²) in [5, 5.41) is 7.03. The van der Waals surface area contributed by atoms with Gasteiger partial charge in [-0.1, -0.05) is 24.3 Å². The highest BCUT2D eigenvalue weighted by atomic mass is 127. The van der Waals surface area contributed by atoms with E-state index in [2.05, 4.69) is 77.9 Å². The van der Waals surface area contributed by atoms with E-state index in [0.717, 1.165) is 55.7 Å². The fourth-order valence-electron chi connectivity index (χ4n) is 3.97. The van der Waals surface area contributed by atoms with Gasteiger partial charge in [0.15, 0.2) is 5.96 Å². The van der Waals surface area contributed by atoms with Crippen LogP contribution in [0, 0.1) is 0 Å². The molecule has 1 unspecified atom stereocenters. The van der Waals surface area contributed by atoms with Crippen molar-refractivity contribution in [1.82, 2.24) is 15.5 Å². The van der Waals surface area contributed by atoms with Crippen molar-refractivity contribution in [3.05, 3.63) is 53.6 Å². The van der Waals surface area contributed by atoms with Crippen LogP contribution in [0.25, 0.3) is 0 Å². The normalized spacial score (nSPS) is 15.9. The molecule has 1 aliphatic rings. The maximum atomic E-state index is 5.43. The number of halogens is 1. The Morgan fingerprint density at radius 1 is 1.09 bits per heavy atom. The fourth-order valence-corrected chi connectivity index (χ4v) is 3.97. The van der Waals surface area contributed by atoms with E-state index in [1.54, 1.807) is 14.2 Å². The summed E-state index contributed by atoms with van der Waals surface area (Å²) in [6.45, 7) is 6.37. The van der Waals surface area contributed by atoms with Gasteiger partial charge in [0, 0.05) is 56.1 Å². The van der Waals surface area contributed by atoms with Gasteiger partial charge in [0.25, 0.3) is 0 Å². The third-order valence-electron chi connectivity index (χ3n) is 5.59. The Balaban J connectivity index is 0.00000385. The van der Waals surface area contributed by atoms with Crippen molar-refractivity contribution in [3.63, 3.8) is 0 Å². The number of anilines is 1. The summed E-state index contributed by atoms with van der Waals surface area (Å²) < 4.78 is 10.9. The molecule has 7 nitrogen and oxygen atoms in total. The first-order valence-electron chi connectivity index (χ1n) is 11.3. The first kappa shape index (κ1) is 27.0. The third kappa shape index (κ3) is 7.96. The molecule has 0 aromatic heterocycles. The molecule has 2 N–H and O–H groups in total. The molecule has 2 aromatic rings. The quantitative estimate of drug-likeness (QED) is 0.274. The highest BCUT2D eigenvalue weighted by Crippen LogP contribution is 2.30.